The third-order valence-corrected chi connectivity index (χ3v) is 5.03. The first-order valence-electron chi connectivity index (χ1n) is 7.14. The SMILES string of the molecule is CC1CN(C2(CN)CCC(C)C(C)C2)CCO1. The average molecular weight is 240 g/mol. The Morgan fingerprint density at radius 3 is 2.65 bits per heavy atom. The topological polar surface area (TPSA) is 38.5 Å². The second kappa shape index (κ2) is 5.25. The summed E-state index contributed by atoms with van der Waals surface area (Å²) >= 11 is 0. The Hall–Kier alpha value is -0.120. The van der Waals surface area contributed by atoms with Crippen molar-refractivity contribution in [3.63, 3.8) is 0 Å². The smallest absolute Gasteiger partial charge is 0.0674 e. The summed E-state index contributed by atoms with van der Waals surface area (Å²) in [6.45, 7) is 10.7. The highest BCUT2D eigenvalue weighted by atomic mass is 16.5. The van der Waals surface area contributed by atoms with Gasteiger partial charge in [0.25, 0.3) is 0 Å². The van der Waals surface area contributed by atoms with Gasteiger partial charge in [-0.3, -0.25) is 4.90 Å². The van der Waals surface area contributed by atoms with Crippen LogP contribution < -0.4 is 5.73 Å². The summed E-state index contributed by atoms with van der Waals surface area (Å²) in [5, 5.41) is 0. The molecule has 0 spiro atoms. The van der Waals surface area contributed by atoms with Crippen LogP contribution in [0.15, 0.2) is 0 Å². The fraction of sp³-hybridized carbons (Fsp3) is 1.00. The molecule has 1 aliphatic heterocycles. The van der Waals surface area contributed by atoms with E-state index in [1.165, 1.54) is 19.3 Å². The fourth-order valence-corrected chi connectivity index (χ4v) is 3.53. The van der Waals surface area contributed by atoms with E-state index < -0.39 is 0 Å². The molecular formula is C14H28N2O. The van der Waals surface area contributed by atoms with Crippen LogP contribution in [-0.4, -0.2) is 42.8 Å². The largest absolute Gasteiger partial charge is 0.376 e. The minimum absolute atomic E-state index is 0.254. The van der Waals surface area contributed by atoms with Gasteiger partial charge in [0.2, 0.25) is 0 Å². The van der Waals surface area contributed by atoms with E-state index in [0.717, 1.165) is 38.1 Å². The average Bonchev–Trinajstić information content (AvgIpc) is 2.33. The lowest BCUT2D eigenvalue weighted by Gasteiger charge is -2.51. The van der Waals surface area contributed by atoms with Crippen LogP contribution in [0.2, 0.25) is 0 Å². The monoisotopic (exact) mass is 240 g/mol. The summed E-state index contributed by atoms with van der Waals surface area (Å²) in [7, 11) is 0. The normalized spacial score (nSPS) is 44.8. The van der Waals surface area contributed by atoms with Crippen molar-refractivity contribution in [2.45, 2.75) is 51.7 Å². The van der Waals surface area contributed by atoms with E-state index in [-0.39, 0.29) is 5.54 Å². The second-order valence-electron chi connectivity index (χ2n) is 6.25. The molecule has 2 fully saturated rings. The summed E-state index contributed by atoms with van der Waals surface area (Å²) in [6.07, 6.45) is 4.21. The lowest BCUT2D eigenvalue weighted by atomic mass is 9.70. The van der Waals surface area contributed by atoms with E-state index in [1.54, 1.807) is 0 Å². The molecule has 0 radical (unpaired) electrons. The molecular weight excluding hydrogens is 212 g/mol. The Balaban J connectivity index is 2.08. The van der Waals surface area contributed by atoms with Gasteiger partial charge in [0.05, 0.1) is 12.7 Å². The van der Waals surface area contributed by atoms with Gasteiger partial charge in [-0.1, -0.05) is 13.8 Å². The number of nitrogens with zero attached hydrogens (tertiary/aromatic N) is 1. The molecule has 1 saturated carbocycles. The van der Waals surface area contributed by atoms with E-state index in [0.29, 0.717) is 6.10 Å². The Morgan fingerprint density at radius 2 is 2.06 bits per heavy atom. The highest BCUT2D eigenvalue weighted by Crippen LogP contribution is 2.39. The zero-order valence-corrected chi connectivity index (χ0v) is 11.6. The Bertz CT molecular complexity index is 259. The van der Waals surface area contributed by atoms with Crippen LogP contribution in [-0.2, 0) is 4.74 Å². The molecule has 1 heterocycles. The lowest BCUT2D eigenvalue weighted by molar-refractivity contribution is -0.0797. The molecule has 1 saturated heterocycles. The van der Waals surface area contributed by atoms with Gasteiger partial charge >= 0.3 is 0 Å². The molecule has 2 rings (SSSR count). The summed E-state index contributed by atoms with van der Waals surface area (Å²) < 4.78 is 5.65. The maximum atomic E-state index is 6.14. The molecule has 0 aromatic carbocycles. The standard InChI is InChI=1S/C14H28N2O/c1-11-4-5-14(10-15,8-12(11)2)16-6-7-17-13(3)9-16/h11-13H,4-10,15H2,1-3H3. The maximum Gasteiger partial charge on any atom is 0.0674 e. The molecule has 0 amide bonds. The van der Waals surface area contributed by atoms with Gasteiger partial charge in [-0.2, -0.15) is 0 Å². The van der Waals surface area contributed by atoms with Crippen molar-refractivity contribution in [1.82, 2.24) is 4.90 Å². The number of rotatable bonds is 2. The van der Waals surface area contributed by atoms with Crippen LogP contribution in [0, 0.1) is 11.8 Å². The predicted molar refractivity (Wildman–Crippen MR) is 71.0 cm³/mol. The van der Waals surface area contributed by atoms with Gasteiger partial charge in [-0.05, 0) is 38.0 Å². The fourth-order valence-electron chi connectivity index (χ4n) is 3.53. The minimum Gasteiger partial charge on any atom is -0.376 e. The van der Waals surface area contributed by atoms with E-state index >= 15 is 0 Å². The molecule has 100 valence electrons. The number of morpholine rings is 1. The molecule has 2 aliphatic rings. The van der Waals surface area contributed by atoms with Crippen molar-refractivity contribution in [2.75, 3.05) is 26.2 Å². The van der Waals surface area contributed by atoms with Crippen molar-refractivity contribution < 1.29 is 4.74 Å². The maximum absolute atomic E-state index is 6.14. The zero-order valence-electron chi connectivity index (χ0n) is 11.6. The summed E-state index contributed by atoms with van der Waals surface area (Å²) in [5.41, 5.74) is 6.39. The molecule has 0 aromatic heterocycles. The van der Waals surface area contributed by atoms with Crippen LogP contribution in [0.25, 0.3) is 0 Å². The summed E-state index contributed by atoms with van der Waals surface area (Å²) in [5.74, 6) is 1.65. The van der Waals surface area contributed by atoms with E-state index in [9.17, 15) is 0 Å². The third kappa shape index (κ3) is 2.67. The van der Waals surface area contributed by atoms with Crippen LogP contribution in [0.3, 0.4) is 0 Å². The lowest BCUT2D eigenvalue weighted by Crippen LogP contribution is -2.61. The quantitative estimate of drug-likeness (QED) is 0.800. The van der Waals surface area contributed by atoms with E-state index in [4.69, 9.17) is 10.5 Å². The number of hydrogen-bond donors (Lipinski definition) is 1. The first-order chi connectivity index (χ1) is 8.07. The van der Waals surface area contributed by atoms with Crippen molar-refractivity contribution in [1.29, 1.82) is 0 Å². The molecule has 0 aromatic rings. The molecule has 4 unspecified atom stereocenters. The Morgan fingerprint density at radius 1 is 1.29 bits per heavy atom. The van der Waals surface area contributed by atoms with Gasteiger partial charge < -0.3 is 10.5 Å². The molecule has 3 nitrogen and oxygen atoms in total. The van der Waals surface area contributed by atoms with Crippen molar-refractivity contribution >= 4 is 0 Å². The van der Waals surface area contributed by atoms with Crippen molar-refractivity contribution in [3.8, 4) is 0 Å². The molecule has 0 bridgehead atoms. The second-order valence-corrected chi connectivity index (χ2v) is 6.25. The number of hydrogen-bond acceptors (Lipinski definition) is 3. The molecule has 17 heavy (non-hydrogen) atoms. The first kappa shape index (κ1) is 13.3. The van der Waals surface area contributed by atoms with Gasteiger partial charge in [0.1, 0.15) is 0 Å². The van der Waals surface area contributed by atoms with Crippen LogP contribution in [0.1, 0.15) is 40.0 Å². The molecule has 3 heteroatoms. The predicted octanol–water partition coefficient (Wildman–Crippen LogP) is 1.86. The van der Waals surface area contributed by atoms with Gasteiger partial charge in [0, 0.05) is 25.2 Å². The highest BCUT2D eigenvalue weighted by Gasteiger charge is 2.42. The first-order valence-corrected chi connectivity index (χ1v) is 7.14. The minimum atomic E-state index is 0.254. The number of nitrogens with two attached hydrogens (primary N) is 1. The van der Waals surface area contributed by atoms with Crippen molar-refractivity contribution in [3.05, 3.63) is 0 Å². The Kier molecular flexibility index (Phi) is 4.11. The molecule has 4 atom stereocenters. The van der Waals surface area contributed by atoms with Crippen molar-refractivity contribution in [2.24, 2.45) is 17.6 Å². The van der Waals surface area contributed by atoms with Crippen LogP contribution in [0.4, 0.5) is 0 Å². The summed E-state index contributed by atoms with van der Waals surface area (Å²) in [4.78, 5) is 2.61. The zero-order chi connectivity index (χ0) is 12.5. The summed E-state index contributed by atoms with van der Waals surface area (Å²) in [6, 6.07) is 0. The molecule has 2 N–H and O–H groups in total. The van der Waals surface area contributed by atoms with Gasteiger partial charge in [0.15, 0.2) is 0 Å². The Labute approximate surface area is 106 Å². The van der Waals surface area contributed by atoms with Crippen LogP contribution >= 0.6 is 0 Å². The van der Waals surface area contributed by atoms with Gasteiger partial charge in [-0.25, -0.2) is 0 Å². The van der Waals surface area contributed by atoms with E-state index in [2.05, 4.69) is 25.7 Å². The highest BCUT2D eigenvalue weighted by molar-refractivity contribution is 4.98. The third-order valence-electron chi connectivity index (χ3n) is 5.03. The van der Waals surface area contributed by atoms with Gasteiger partial charge in [-0.15, -0.1) is 0 Å². The number of ether oxygens (including phenoxy) is 1. The molecule has 1 aliphatic carbocycles. The van der Waals surface area contributed by atoms with E-state index in [1.807, 2.05) is 0 Å². The van der Waals surface area contributed by atoms with Crippen LogP contribution in [0.5, 0.6) is 0 Å².